The van der Waals surface area contributed by atoms with Crippen LogP contribution in [0.4, 0.5) is 0 Å². The van der Waals surface area contributed by atoms with E-state index in [1.165, 1.54) is 10.0 Å². The molecule has 2 rings (SSSR count). The van der Waals surface area contributed by atoms with Gasteiger partial charge in [0.15, 0.2) is 0 Å². The fraction of sp³-hybridized carbons (Fsp3) is 0.167. The molecule has 14 heavy (non-hydrogen) atoms. The van der Waals surface area contributed by atoms with Crippen molar-refractivity contribution in [3.8, 4) is 0 Å². The van der Waals surface area contributed by atoms with Crippen LogP contribution in [0.1, 0.15) is 17.9 Å². The molecule has 0 aromatic heterocycles. The molecule has 0 amide bonds. The molecule has 0 heterocycles. The Bertz CT molecular complexity index is 374. The average Bonchev–Trinajstić information content (AvgIpc) is 2.21. The Balaban J connectivity index is 2.18. The topological polar surface area (TPSA) is 0 Å². The summed E-state index contributed by atoms with van der Waals surface area (Å²) in [6.07, 6.45) is 7.66. The Morgan fingerprint density at radius 1 is 1.07 bits per heavy atom. The highest BCUT2D eigenvalue weighted by Crippen LogP contribution is 2.29. The van der Waals surface area contributed by atoms with E-state index in [0.29, 0.717) is 5.92 Å². The van der Waals surface area contributed by atoms with Crippen molar-refractivity contribution in [3.63, 3.8) is 0 Å². The largest absolute Gasteiger partial charge is 0.0756 e. The summed E-state index contributed by atoms with van der Waals surface area (Å²) in [6, 6.07) is 8.53. The summed E-state index contributed by atoms with van der Waals surface area (Å²) in [6.45, 7) is 0. The van der Waals surface area contributed by atoms with Gasteiger partial charge >= 0.3 is 0 Å². The minimum atomic E-state index is 0.532. The van der Waals surface area contributed by atoms with Crippen LogP contribution in [0.3, 0.4) is 0 Å². The molecule has 0 fully saturated rings. The van der Waals surface area contributed by atoms with Crippen LogP contribution in [-0.2, 0) is 0 Å². The van der Waals surface area contributed by atoms with Crippen molar-refractivity contribution in [1.29, 1.82) is 0 Å². The third-order valence-corrected chi connectivity index (χ3v) is 3.47. The van der Waals surface area contributed by atoms with Gasteiger partial charge in [0.05, 0.1) is 0 Å². The molecule has 0 saturated carbocycles. The monoisotopic (exact) mass is 312 g/mol. The van der Waals surface area contributed by atoms with Crippen molar-refractivity contribution >= 4 is 31.9 Å². The van der Waals surface area contributed by atoms with Gasteiger partial charge in [-0.05, 0) is 24.1 Å². The number of rotatable bonds is 1. The molecule has 0 bridgehead atoms. The third-order valence-electron chi connectivity index (χ3n) is 2.35. The molecule has 0 nitrogen and oxygen atoms in total. The summed E-state index contributed by atoms with van der Waals surface area (Å²) in [5.41, 5.74) is 1.38. The zero-order chi connectivity index (χ0) is 9.97. The lowest BCUT2D eigenvalue weighted by Gasteiger charge is -2.14. The highest BCUT2D eigenvalue weighted by atomic mass is 79.9. The van der Waals surface area contributed by atoms with Crippen molar-refractivity contribution in [1.82, 2.24) is 0 Å². The average molecular weight is 314 g/mol. The van der Waals surface area contributed by atoms with Crippen molar-refractivity contribution in [2.75, 3.05) is 0 Å². The van der Waals surface area contributed by atoms with E-state index < -0.39 is 0 Å². The molecule has 0 aliphatic heterocycles. The SMILES string of the molecule is BrC1=CCC(c2ccc(Br)cc2)C=C1. The lowest BCUT2D eigenvalue weighted by atomic mass is 9.93. The standard InChI is InChI=1S/C12H10Br2/c13-11-5-1-9(2-6-11)10-3-7-12(14)8-4-10/h1-3,5-8,10H,4H2. The van der Waals surface area contributed by atoms with Crippen LogP contribution in [0.5, 0.6) is 0 Å². The Kier molecular flexibility index (Phi) is 3.24. The van der Waals surface area contributed by atoms with Crippen molar-refractivity contribution in [3.05, 3.63) is 57.0 Å². The Morgan fingerprint density at radius 2 is 1.79 bits per heavy atom. The molecule has 1 unspecified atom stereocenters. The first-order chi connectivity index (χ1) is 6.75. The second-order valence-electron chi connectivity index (χ2n) is 3.34. The fourth-order valence-electron chi connectivity index (χ4n) is 1.55. The van der Waals surface area contributed by atoms with E-state index in [1.807, 2.05) is 0 Å². The first-order valence-corrected chi connectivity index (χ1v) is 6.13. The smallest absolute Gasteiger partial charge is 0.0175 e. The first kappa shape index (κ1) is 10.2. The maximum atomic E-state index is 3.47. The minimum absolute atomic E-state index is 0.532. The zero-order valence-corrected chi connectivity index (χ0v) is 10.8. The molecule has 0 spiro atoms. The zero-order valence-electron chi connectivity index (χ0n) is 7.58. The molecule has 0 radical (unpaired) electrons. The second kappa shape index (κ2) is 4.45. The lowest BCUT2D eigenvalue weighted by Crippen LogP contribution is -1.96. The molecule has 1 aromatic rings. The number of allylic oxidation sites excluding steroid dienone is 4. The van der Waals surface area contributed by atoms with E-state index in [2.05, 4.69) is 74.4 Å². The van der Waals surface area contributed by atoms with Crippen LogP contribution in [-0.4, -0.2) is 0 Å². The first-order valence-electron chi connectivity index (χ1n) is 4.55. The van der Waals surface area contributed by atoms with Gasteiger partial charge < -0.3 is 0 Å². The molecule has 1 aromatic carbocycles. The van der Waals surface area contributed by atoms with Gasteiger partial charge in [0.1, 0.15) is 0 Å². The van der Waals surface area contributed by atoms with Crippen LogP contribution in [0.15, 0.2) is 51.4 Å². The van der Waals surface area contributed by atoms with E-state index >= 15 is 0 Å². The van der Waals surface area contributed by atoms with Crippen molar-refractivity contribution in [2.24, 2.45) is 0 Å². The minimum Gasteiger partial charge on any atom is -0.0756 e. The van der Waals surface area contributed by atoms with Crippen LogP contribution in [0, 0.1) is 0 Å². The van der Waals surface area contributed by atoms with Crippen molar-refractivity contribution in [2.45, 2.75) is 12.3 Å². The Hall–Kier alpha value is -0.340. The maximum Gasteiger partial charge on any atom is 0.0175 e. The number of benzene rings is 1. The van der Waals surface area contributed by atoms with E-state index in [-0.39, 0.29) is 0 Å². The molecule has 72 valence electrons. The predicted molar refractivity (Wildman–Crippen MR) is 67.7 cm³/mol. The third kappa shape index (κ3) is 2.37. The van der Waals surface area contributed by atoms with E-state index in [9.17, 15) is 0 Å². The van der Waals surface area contributed by atoms with Crippen LogP contribution < -0.4 is 0 Å². The van der Waals surface area contributed by atoms with Gasteiger partial charge in [-0.1, -0.05) is 62.2 Å². The number of hydrogen-bond acceptors (Lipinski definition) is 0. The van der Waals surface area contributed by atoms with Gasteiger partial charge in [0.25, 0.3) is 0 Å². The van der Waals surface area contributed by atoms with Gasteiger partial charge in [0, 0.05) is 14.9 Å². The normalized spacial score (nSPS) is 20.7. The van der Waals surface area contributed by atoms with Gasteiger partial charge in [-0.25, -0.2) is 0 Å². The number of halogens is 2. The van der Waals surface area contributed by atoms with Gasteiger partial charge in [0.2, 0.25) is 0 Å². The molecule has 1 atom stereocenters. The van der Waals surface area contributed by atoms with Gasteiger partial charge in [-0.15, -0.1) is 0 Å². The number of hydrogen-bond donors (Lipinski definition) is 0. The van der Waals surface area contributed by atoms with E-state index in [0.717, 1.165) is 10.9 Å². The summed E-state index contributed by atoms with van der Waals surface area (Å²) in [5.74, 6) is 0.532. The van der Waals surface area contributed by atoms with Gasteiger partial charge in [-0.2, -0.15) is 0 Å². The summed E-state index contributed by atoms with van der Waals surface area (Å²) in [5, 5.41) is 0. The molecule has 2 heteroatoms. The van der Waals surface area contributed by atoms with E-state index in [1.54, 1.807) is 0 Å². The molecule has 0 N–H and O–H groups in total. The summed E-state index contributed by atoms with van der Waals surface area (Å²) in [4.78, 5) is 0. The molecular weight excluding hydrogens is 304 g/mol. The fourth-order valence-corrected chi connectivity index (χ4v) is 2.16. The Labute approximate surface area is 101 Å². The predicted octanol–water partition coefficient (Wildman–Crippen LogP) is 4.77. The quantitative estimate of drug-likeness (QED) is 0.700. The summed E-state index contributed by atoms with van der Waals surface area (Å²) < 4.78 is 2.32. The molecule has 1 aliphatic carbocycles. The highest BCUT2D eigenvalue weighted by Gasteiger charge is 2.09. The van der Waals surface area contributed by atoms with Crippen LogP contribution in [0.2, 0.25) is 0 Å². The maximum absolute atomic E-state index is 3.47. The van der Waals surface area contributed by atoms with Gasteiger partial charge in [-0.3, -0.25) is 0 Å². The van der Waals surface area contributed by atoms with Crippen LogP contribution in [0.25, 0.3) is 0 Å². The van der Waals surface area contributed by atoms with E-state index in [4.69, 9.17) is 0 Å². The second-order valence-corrected chi connectivity index (χ2v) is 5.17. The molecule has 1 aliphatic rings. The Morgan fingerprint density at radius 3 is 2.36 bits per heavy atom. The summed E-state index contributed by atoms with van der Waals surface area (Å²) in [7, 11) is 0. The van der Waals surface area contributed by atoms with Crippen molar-refractivity contribution < 1.29 is 0 Å². The highest BCUT2D eigenvalue weighted by molar-refractivity contribution is 9.12. The molecule has 0 saturated heterocycles. The summed E-state index contributed by atoms with van der Waals surface area (Å²) >= 11 is 6.91. The lowest BCUT2D eigenvalue weighted by molar-refractivity contribution is 0.852. The molecular formula is C12H10Br2. The van der Waals surface area contributed by atoms with Crippen LogP contribution >= 0.6 is 31.9 Å².